The maximum Gasteiger partial charge on any atom is 0.124 e. The summed E-state index contributed by atoms with van der Waals surface area (Å²) in [6.07, 6.45) is 0.791. The SMILES string of the molecule is COCCOCCCOCc1cc(F)cc(C#CCN)c1. The highest BCUT2D eigenvalue weighted by atomic mass is 19.1. The maximum atomic E-state index is 13.4. The molecule has 1 rings (SSSR count). The highest BCUT2D eigenvalue weighted by Crippen LogP contribution is 2.10. The summed E-state index contributed by atoms with van der Waals surface area (Å²) in [7, 11) is 1.64. The maximum absolute atomic E-state index is 13.4. The van der Waals surface area contributed by atoms with Crippen molar-refractivity contribution < 1.29 is 18.6 Å². The second-order valence-electron chi connectivity index (χ2n) is 4.37. The standard InChI is InChI=1S/C16H22FNO3/c1-19-8-9-20-6-3-7-21-13-15-10-14(4-2-5-18)11-16(17)12-15/h10-12H,3,5-9,13,18H2,1H3. The molecule has 0 aliphatic heterocycles. The average molecular weight is 295 g/mol. The summed E-state index contributed by atoms with van der Waals surface area (Å²) in [5.74, 6) is 5.20. The van der Waals surface area contributed by atoms with Gasteiger partial charge < -0.3 is 19.9 Å². The number of methoxy groups -OCH3 is 1. The van der Waals surface area contributed by atoms with Gasteiger partial charge in [0.2, 0.25) is 0 Å². The van der Waals surface area contributed by atoms with Crippen LogP contribution in [0.1, 0.15) is 17.5 Å². The van der Waals surface area contributed by atoms with Gasteiger partial charge in [0, 0.05) is 25.9 Å². The smallest absolute Gasteiger partial charge is 0.124 e. The molecule has 21 heavy (non-hydrogen) atoms. The first kappa shape index (κ1) is 17.6. The van der Waals surface area contributed by atoms with E-state index in [0.717, 1.165) is 12.0 Å². The molecule has 0 radical (unpaired) electrons. The van der Waals surface area contributed by atoms with Gasteiger partial charge in [-0.2, -0.15) is 0 Å². The summed E-state index contributed by atoms with van der Waals surface area (Å²) in [6, 6.07) is 4.64. The Morgan fingerprint density at radius 3 is 2.67 bits per heavy atom. The monoisotopic (exact) mass is 295 g/mol. The van der Waals surface area contributed by atoms with E-state index in [0.29, 0.717) is 38.6 Å². The van der Waals surface area contributed by atoms with Gasteiger partial charge in [-0.25, -0.2) is 4.39 Å². The lowest BCUT2D eigenvalue weighted by Gasteiger charge is -2.06. The van der Waals surface area contributed by atoms with E-state index >= 15 is 0 Å². The fourth-order valence-corrected chi connectivity index (χ4v) is 1.66. The predicted molar refractivity (Wildman–Crippen MR) is 79.3 cm³/mol. The van der Waals surface area contributed by atoms with Crippen LogP contribution >= 0.6 is 0 Å². The molecule has 5 heteroatoms. The molecular weight excluding hydrogens is 273 g/mol. The van der Waals surface area contributed by atoms with Gasteiger partial charge in [0.15, 0.2) is 0 Å². The fraction of sp³-hybridized carbons (Fsp3) is 0.500. The Kier molecular flexibility index (Phi) is 9.42. The molecule has 0 saturated heterocycles. The Morgan fingerprint density at radius 1 is 1.10 bits per heavy atom. The molecule has 0 aliphatic carbocycles. The first-order valence-electron chi connectivity index (χ1n) is 6.89. The van der Waals surface area contributed by atoms with Crippen molar-refractivity contribution in [1.82, 2.24) is 0 Å². The second-order valence-corrected chi connectivity index (χ2v) is 4.37. The van der Waals surface area contributed by atoms with Crippen LogP contribution in [0.5, 0.6) is 0 Å². The van der Waals surface area contributed by atoms with Crippen LogP contribution < -0.4 is 5.73 Å². The van der Waals surface area contributed by atoms with E-state index < -0.39 is 0 Å². The molecule has 0 aliphatic rings. The Labute approximate surface area is 125 Å². The molecule has 0 spiro atoms. The van der Waals surface area contributed by atoms with Gasteiger partial charge in [-0.3, -0.25) is 0 Å². The molecule has 0 aromatic heterocycles. The highest BCUT2D eigenvalue weighted by Gasteiger charge is 2.00. The number of hydrogen-bond donors (Lipinski definition) is 1. The summed E-state index contributed by atoms with van der Waals surface area (Å²) < 4.78 is 29.1. The third-order valence-electron chi connectivity index (χ3n) is 2.57. The van der Waals surface area contributed by atoms with E-state index in [-0.39, 0.29) is 12.4 Å². The minimum atomic E-state index is -0.319. The first-order valence-corrected chi connectivity index (χ1v) is 6.89. The van der Waals surface area contributed by atoms with Crippen LogP contribution in [0.3, 0.4) is 0 Å². The van der Waals surface area contributed by atoms with Crippen molar-refractivity contribution in [2.45, 2.75) is 13.0 Å². The molecule has 0 atom stereocenters. The summed E-state index contributed by atoms with van der Waals surface area (Å²) in [6.45, 7) is 2.98. The fourth-order valence-electron chi connectivity index (χ4n) is 1.66. The normalized spacial score (nSPS) is 10.2. The molecule has 1 aromatic rings. The van der Waals surface area contributed by atoms with Crippen LogP contribution in [0.25, 0.3) is 0 Å². The van der Waals surface area contributed by atoms with Crippen molar-refractivity contribution in [3.8, 4) is 11.8 Å². The van der Waals surface area contributed by atoms with E-state index in [2.05, 4.69) is 11.8 Å². The van der Waals surface area contributed by atoms with Gasteiger partial charge in [0.05, 0.1) is 26.4 Å². The highest BCUT2D eigenvalue weighted by molar-refractivity contribution is 5.37. The summed E-state index contributed by atoms with van der Waals surface area (Å²) in [5, 5.41) is 0. The molecule has 0 saturated carbocycles. The lowest BCUT2D eigenvalue weighted by atomic mass is 10.1. The molecule has 0 unspecified atom stereocenters. The molecule has 2 N–H and O–H groups in total. The van der Waals surface area contributed by atoms with Gasteiger partial charge in [-0.15, -0.1) is 0 Å². The molecule has 0 heterocycles. The van der Waals surface area contributed by atoms with Crippen molar-refractivity contribution in [1.29, 1.82) is 0 Å². The molecular formula is C16H22FNO3. The average Bonchev–Trinajstić information content (AvgIpc) is 2.47. The summed E-state index contributed by atoms with van der Waals surface area (Å²) >= 11 is 0. The zero-order chi connectivity index (χ0) is 15.3. The van der Waals surface area contributed by atoms with E-state index in [4.69, 9.17) is 19.9 Å². The largest absolute Gasteiger partial charge is 0.382 e. The quantitative estimate of drug-likeness (QED) is 0.556. The van der Waals surface area contributed by atoms with Crippen molar-refractivity contribution in [3.63, 3.8) is 0 Å². The summed E-state index contributed by atoms with van der Waals surface area (Å²) in [4.78, 5) is 0. The van der Waals surface area contributed by atoms with Gasteiger partial charge in [0.25, 0.3) is 0 Å². The number of hydrogen-bond acceptors (Lipinski definition) is 4. The third kappa shape index (κ3) is 8.43. The van der Waals surface area contributed by atoms with Crippen molar-refractivity contribution >= 4 is 0 Å². The Balaban J connectivity index is 2.27. The lowest BCUT2D eigenvalue weighted by molar-refractivity contribution is 0.0483. The Hall–Kier alpha value is -1.45. The molecule has 1 aromatic carbocycles. The minimum Gasteiger partial charge on any atom is -0.382 e. The topological polar surface area (TPSA) is 53.7 Å². The number of nitrogens with two attached hydrogens (primary N) is 1. The minimum absolute atomic E-state index is 0.255. The summed E-state index contributed by atoms with van der Waals surface area (Å²) in [5.41, 5.74) is 6.67. The third-order valence-corrected chi connectivity index (χ3v) is 2.57. The van der Waals surface area contributed by atoms with Gasteiger partial charge in [0.1, 0.15) is 5.82 Å². The van der Waals surface area contributed by atoms with Gasteiger partial charge in [-0.1, -0.05) is 11.8 Å². The molecule has 0 fully saturated rings. The Morgan fingerprint density at radius 2 is 1.90 bits per heavy atom. The second kappa shape index (κ2) is 11.2. The van der Waals surface area contributed by atoms with E-state index in [9.17, 15) is 4.39 Å². The Bertz CT molecular complexity index is 468. The molecule has 0 bridgehead atoms. The van der Waals surface area contributed by atoms with Crippen LogP contribution in [0.15, 0.2) is 18.2 Å². The van der Waals surface area contributed by atoms with Gasteiger partial charge in [-0.05, 0) is 30.2 Å². The molecule has 0 amide bonds. The van der Waals surface area contributed by atoms with Crippen LogP contribution in [0.4, 0.5) is 4.39 Å². The predicted octanol–water partition coefficient (Wildman–Crippen LogP) is 1.71. The van der Waals surface area contributed by atoms with Crippen LogP contribution in [0.2, 0.25) is 0 Å². The van der Waals surface area contributed by atoms with E-state index in [1.165, 1.54) is 12.1 Å². The zero-order valence-corrected chi connectivity index (χ0v) is 12.4. The first-order chi connectivity index (χ1) is 10.3. The van der Waals surface area contributed by atoms with E-state index in [1.807, 2.05) is 0 Å². The number of halogens is 1. The molecule has 4 nitrogen and oxygen atoms in total. The number of benzene rings is 1. The van der Waals surface area contributed by atoms with Crippen molar-refractivity contribution in [2.75, 3.05) is 40.1 Å². The molecule has 116 valence electrons. The van der Waals surface area contributed by atoms with Crippen molar-refractivity contribution in [2.24, 2.45) is 5.73 Å². The van der Waals surface area contributed by atoms with Crippen molar-refractivity contribution in [3.05, 3.63) is 35.1 Å². The van der Waals surface area contributed by atoms with Crippen LogP contribution in [0, 0.1) is 17.7 Å². The van der Waals surface area contributed by atoms with Gasteiger partial charge >= 0.3 is 0 Å². The van der Waals surface area contributed by atoms with E-state index in [1.54, 1.807) is 13.2 Å². The van der Waals surface area contributed by atoms with Crippen LogP contribution in [-0.4, -0.2) is 40.1 Å². The van der Waals surface area contributed by atoms with Crippen LogP contribution in [-0.2, 0) is 20.8 Å². The number of rotatable bonds is 9. The lowest BCUT2D eigenvalue weighted by Crippen LogP contribution is -2.05. The zero-order valence-electron chi connectivity index (χ0n) is 12.4. The number of ether oxygens (including phenoxy) is 3.